The summed E-state index contributed by atoms with van der Waals surface area (Å²) in [5.74, 6) is 1.41. The highest BCUT2D eigenvalue weighted by Gasteiger charge is 2.05. The zero-order valence-electron chi connectivity index (χ0n) is 9.83. The lowest BCUT2D eigenvalue weighted by Crippen LogP contribution is -2.24. The molecular formula is C12H21N3. The maximum Gasteiger partial charge on any atom is 0.0543 e. The lowest BCUT2D eigenvalue weighted by Gasteiger charge is -2.15. The summed E-state index contributed by atoms with van der Waals surface area (Å²) in [7, 11) is 0. The van der Waals surface area contributed by atoms with Crippen molar-refractivity contribution in [2.24, 2.45) is 11.8 Å². The van der Waals surface area contributed by atoms with Gasteiger partial charge in [0, 0.05) is 6.54 Å². The van der Waals surface area contributed by atoms with Crippen LogP contribution in [-0.2, 0) is 6.54 Å². The Morgan fingerprint density at radius 1 is 1.33 bits per heavy atom. The van der Waals surface area contributed by atoms with Gasteiger partial charge in [0.15, 0.2) is 0 Å². The molecule has 0 aliphatic rings. The van der Waals surface area contributed by atoms with E-state index < -0.39 is 0 Å². The standard InChI is InChI=1S/C12H21N3/c1-9(2)10(3)6-14-8-12-5-4-11(13)7-15-12/h4-5,7,9-10,14H,6,8,13H2,1-3H3. The molecule has 0 saturated heterocycles. The van der Waals surface area contributed by atoms with E-state index in [1.807, 2.05) is 12.1 Å². The molecule has 0 radical (unpaired) electrons. The third-order valence-electron chi connectivity index (χ3n) is 2.76. The summed E-state index contributed by atoms with van der Waals surface area (Å²) in [5.41, 5.74) is 7.32. The molecule has 1 heterocycles. The molecule has 0 aliphatic heterocycles. The summed E-state index contributed by atoms with van der Waals surface area (Å²) in [4.78, 5) is 4.23. The predicted molar refractivity (Wildman–Crippen MR) is 64.4 cm³/mol. The van der Waals surface area contributed by atoms with Gasteiger partial charge in [-0.1, -0.05) is 20.8 Å². The Labute approximate surface area is 92.1 Å². The second kappa shape index (κ2) is 5.71. The minimum atomic E-state index is 0.693. The zero-order chi connectivity index (χ0) is 11.3. The van der Waals surface area contributed by atoms with E-state index >= 15 is 0 Å². The highest BCUT2D eigenvalue weighted by atomic mass is 14.9. The zero-order valence-corrected chi connectivity index (χ0v) is 9.83. The molecule has 1 aromatic rings. The molecule has 0 amide bonds. The Morgan fingerprint density at radius 2 is 2.07 bits per heavy atom. The second-order valence-corrected chi connectivity index (χ2v) is 4.44. The van der Waals surface area contributed by atoms with Gasteiger partial charge in [0.25, 0.3) is 0 Å². The largest absolute Gasteiger partial charge is 0.397 e. The van der Waals surface area contributed by atoms with Crippen LogP contribution < -0.4 is 11.1 Å². The fourth-order valence-electron chi connectivity index (χ4n) is 1.20. The van der Waals surface area contributed by atoms with Crippen LogP contribution in [0.15, 0.2) is 18.3 Å². The van der Waals surface area contributed by atoms with Crippen molar-refractivity contribution in [3.05, 3.63) is 24.0 Å². The van der Waals surface area contributed by atoms with Crippen LogP contribution in [0, 0.1) is 11.8 Å². The maximum atomic E-state index is 5.56. The van der Waals surface area contributed by atoms with Gasteiger partial charge in [-0.3, -0.25) is 4.98 Å². The molecule has 0 fully saturated rings. The SMILES string of the molecule is CC(C)C(C)CNCc1ccc(N)cn1. The first-order valence-electron chi connectivity index (χ1n) is 5.50. The Morgan fingerprint density at radius 3 is 2.60 bits per heavy atom. The fraction of sp³-hybridized carbons (Fsp3) is 0.583. The van der Waals surface area contributed by atoms with Crippen molar-refractivity contribution in [3.8, 4) is 0 Å². The summed E-state index contributed by atoms with van der Waals surface area (Å²) >= 11 is 0. The predicted octanol–water partition coefficient (Wildman–Crippen LogP) is 2.05. The first-order chi connectivity index (χ1) is 7.09. The number of pyridine rings is 1. The first-order valence-corrected chi connectivity index (χ1v) is 5.50. The summed E-state index contributed by atoms with van der Waals surface area (Å²) in [6.07, 6.45) is 1.70. The van der Waals surface area contributed by atoms with Crippen LogP contribution in [-0.4, -0.2) is 11.5 Å². The van der Waals surface area contributed by atoms with Crippen molar-refractivity contribution in [2.75, 3.05) is 12.3 Å². The van der Waals surface area contributed by atoms with Crippen LogP contribution in [0.2, 0.25) is 0 Å². The minimum absolute atomic E-state index is 0.693. The van der Waals surface area contributed by atoms with Crippen LogP contribution in [0.25, 0.3) is 0 Å². The Bertz CT molecular complexity index is 279. The first kappa shape index (κ1) is 12.0. The maximum absolute atomic E-state index is 5.56. The topological polar surface area (TPSA) is 50.9 Å². The van der Waals surface area contributed by atoms with Crippen LogP contribution in [0.3, 0.4) is 0 Å². The second-order valence-electron chi connectivity index (χ2n) is 4.44. The number of nitrogen functional groups attached to an aromatic ring is 1. The van der Waals surface area contributed by atoms with Gasteiger partial charge in [-0.05, 0) is 30.5 Å². The normalized spacial score (nSPS) is 13.1. The summed E-state index contributed by atoms with van der Waals surface area (Å²) in [6, 6.07) is 3.85. The van der Waals surface area contributed by atoms with Gasteiger partial charge >= 0.3 is 0 Å². The number of nitrogens with one attached hydrogen (secondary N) is 1. The molecule has 3 heteroatoms. The van der Waals surface area contributed by atoms with Gasteiger partial charge in [0.05, 0.1) is 17.6 Å². The molecule has 1 atom stereocenters. The highest BCUT2D eigenvalue weighted by molar-refractivity contribution is 5.34. The van der Waals surface area contributed by atoms with Crippen molar-refractivity contribution in [1.82, 2.24) is 10.3 Å². The van der Waals surface area contributed by atoms with Crippen LogP contribution in [0.4, 0.5) is 5.69 Å². The molecule has 0 saturated carbocycles. The molecule has 3 nitrogen and oxygen atoms in total. The van der Waals surface area contributed by atoms with Gasteiger partial charge in [-0.15, -0.1) is 0 Å². The van der Waals surface area contributed by atoms with Crippen LogP contribution in [0.1, 0.15) is 26.5 Å². The highest BCUT2D eigenvalue weighted by Crippen LogP contribution is 2.08. The number of nitrogens with two attached hydrogens (primary N) is 1. The minimum Gasteiger partial charge on any atom is -0.397 e. The van der Waals surface area contributed by atoms with Crippen molar-refractivity contribution >= 4 is 5.69 Å². The van der Waals surface area contributed by atoms with E-state index in [1.165, 1.54) is 0 Å². The fourth-order valence-corrected chi connectivity index (χ4v) is 1.20. The van der Waals surface area contributed by atoms with Gasteiger partial charge < -0.3 is 11.1 Å². The molecule has 0 spiro atoms. The van der Waals surface area contributed by atoms with Crippen LogP contribution in [0.5, 0.6) is 0 Å². The van der Waals surface area contributed by atoms with E-state index in [9.17, 15) is 0 Å². The van der Waals surface area contributed by atoms with Crippen molar-refractivity contribution in [3.63, 3.8) is 0 Å². The van der Waals surface area contributed by atoms with E-state index in [4.69, 9.17) is 5.73 Å². The Hall–Kier alpha value is -1.09. The van der Waals surface area contributed by atoms with E-state index in [1.54, 1.807) is 6.20 Å². The van der Waals surface area contributed by atoms with Gasteiger partial charge in [0.1, 0.15) is 0 Å². The number of hydrogen-bond acceptors (Lipinski definition) is 3. The van der Waals surface area contributed by atoms with Crippen molar-refractivity contribution in [1.29, 1.82) is 0 Å². The lowest BCUT2D eigenvalue weighted by molar-refractivity contribution is 0.391. The lowest BCUT2D eigenvalue weighted by atomic mass is 9.98. The molecule has 0 aromatic carbocycles. The van der Waals surface area contributed by atoms with E-state index in [0.717, 1.165) is 24.7 Å². The van der Waals surface area contributed by atoms with Crippen molar-refractivity contribution in [2.45, 2.75) is 27.3 Å². The quantitative estimate of drug-likeness (QED) is 0.777. The summed E-state index contributed by atoms with van der Waals surface area (Å²) in [5, 5.41) is 3.40. The molecule has 0 aliphatic carbocycles. The molecule has 3 N–H and O–H groups in total. The third kappa shape index (κ3) is 4.30. The molecule has 1 aromatic heterocycles. The summed E-state index contributed by atoms with van der Waals surface area (Å²) < 4.78 is 0. The van der Waals surface area contributed by atoms with Gasteiger partial charge in [-0.2, -0.15) is 0 Å². The number of hydrogen-bond donors (Lipinski definition) is 2. The Kier molecular flexibility index (Phi) is 4.56. The molecule has 1 rings (SSSR count). The Balaban J connectivity index is 2.29. The average molecular weight is 207 g/mol. The van der Waals surface area contributed by atoms with E-state index in [0.29, 0.717) is 11.6 Å². The average Bonchev–Trinajstić information content (AvgIpc) is 2.20. The molecule has 1 unspecified atom stereocenters. The number of rotatable bonds is 5. The van der Waals surface area contributed by atoms with Gasteiger partial charge in [-0.25, -0.2) is 0 Å². The molecule has 15 heavy (non-hydrogen) atoms. The molecular weight excluding hydrogens is 186 g/mol. The van der Waals surface area contributed by atoms with E-state index in [-0.39, 0.29) is 0 Å². The number of aromatic nitrogens is 1. The van der Waals surface area contributed by atoms with Gasteiger partial charge in [0.2, 0.25) is 0 Å². The third-order valence-corrected chi connectivity index (χ3v) is 2.76. The summed E-state index contributed by atoms with van der Waals surface area (Å²) in [6.45, 7) is 8.59. The molecule has 84 valence electrons. The smallest absolute Gasteiger partial charge is 0.0543 e. The van der Waals surface area contributed by atoms with Crippen molar-refractivity contribution < 1.29 is 0 Å². The van der Waals surface area contributed by atoms with E-state index in [2.05, 4.69) is 31.1 Å². The number of nitrogens with zero attached hydrogens (tertiary/aromatic N) is 1. The molecule has 0 bridgehead atoms. The number of anilines is 1. The monoisotopic (exact) mass is 207 g/mol. The van der Waals surface area contributed by atoms with Crippen LogP contribution >= 0.6 is 0 Å².